The molecule has 0 spiro atoms. The van der Waals surface area contributed by atoms with E-state index in [1.807, 2.05) is 72.8 Å². The molecule has 1 saturated heterocycles. The predicted molar refractivity (Wildman–Crippen MR) is 146 cm³/mol. The van der Waals surface area contributed by atoms with Crippen LogP contribution in [0.25, 0.3) is 0 Å². The largest absolute Gasteiger partial charge is 0.457 e. The van der Waals surface area contributed by atoms with Crippen LogP contribution in [0.5, 0.6) is 11.5 Å². The molecule has 3 aromatic rings. The molecular weight excluding hydrogens is 508 g/mol. The number of ether oxygens (including phenoxy) is 2. The van der Waals surface area contributed by atoms with Crippen LogP contribution < -0.4 is 10.1 Å². The lowest BCUT2D eigenvalue weighted by molar-refractivity contribution is -0.132. The summed E-state index contributed by atoms with van der Waals surface area (Å²) in [6.45, 7) is 0.0812. The fourth-order valence-electron chi connectivity index (χ4n) is 3.63. The van der Waals surface area contributed by atoms with Crippen molar-refractivity contribution in [1.82, 2.24) is 10.2 Å². The highest BCUT2D eigenvalue weighted by molar-refractivity contribution is 8.23. The molecule has 3 aromatic carbocycles. The highest BCUT2D eigenvalue weighted by Gasteiger charge is 2.30. The van der Waals surface area contributed by atoms with Gasteiger partial charge in [0.05, 0.1) is 19.0 Å². The van der Waals surface area contributed by atoms with E-state index in [2.05, 4.69) is 5.32 Å². The van der Waals surface area contributed by atoms with Crippen molar-refractivity contribution >= 4 is 45.9 Å². The molecule has 0 aromatic heterocycles. The van der Waals surface area contributed by atoms with Crippen LogP contribution in [0, 0.1) is 0 Å². The van der Waals surface area contributed by atoms with E-state index in [-0.39, 0.29) is 37.0 Å². The second-order valence-electron chi connectivity index (χ2n) is 8.36. The summed E-state index contributed by atoms with van der Waals surface area (Å²) in [6.07, 6.45) is 0.0994. The number of hydrogen-bond donors (Lipinski definition) is 1. The highest BCUT2D eigenvalue weighted by Crippen LogP contribution is 2.22. The molecule has 37 heavy (non-hydrogen) atoms. The number of para-hydroxylation sites is 1. The van der Waals surface area contributed by atoms with Gasteiger partial charge in [-0.2, -0.15) is 0 Å². The molecule has 1 aliphatic rings. The monoisotopic (exact) mass is 534 g/mol. The zero-order valence-electron chi connectivity index (χ0n) is 20.0. The summed E-state index contributed by atoms with van der Waals surface area (Å²) in [7, 11) is 0. The molecule has 0 radical (unpaired) electrons. The molecule has 190 valence electrons. The van der Waals surface area contributed by atoms with Crippen LogP contribution in [0.3, 0.4) is 0 Å². The lowest BCUT2D eigenvalue weighted by Gasteiger charge is -2.20. The lowest BCUT2D eigenvalue weighted by atomic mass is 10.0. The van der Waals surface area contributed by atoms with Gasteiger partial charge in [-0.1, -0.05) is 84.6 Å². The van der Waals surface area contributed by atoms with E-state index >= 15 is 0 Å². The number of nitrogens with zero attached hydrogens (tertiary/aromatic N) is 1. The molecule has 0 bridgehead atoms. The Morgan fingerprint density at radius 3 is 2.22 bits per heavy atom. The fraction of sp³-hybridized carbons (Fsp3) is 0.214. The Kier molecular flexibility index (Phi) is 9.42. The standard InChI is InChI=1S/C28H26N2O5S2/c31-25(15-20-11-13-23(14-12-20)35-22-9-5-2-6-10-22)24(18-34-17-21-7-3-1-4-8-21)29-26(32)16-30-27(33)19-37-28(30)36/h1-14,24H,15-19H2,(H,29,32). The van der Waals surface area contributed by atoms with E-state index in [4.69, 9.17) is 21.7 Å². The first-order chi connectivity index (χ1) is 18.0. The minimum absolute atomic E-state index is 0.00180. The zero-order valence-corrected chi connectivity index (χ0v) is 21.6. The Morgan fingerprint density at radius 2 is 1.57 bits per heavy atom. The normalized spacial score (nSPS) is 13.9. The minimum Gasteiger partial charge on any atom is -0.457 e. The summed E-state index contributed by atoms with van der Waals surface area (Å²) in [5.41, 5.74) is 1.74. The van der Waals surface area contributed by atoms with Crippen molar-refractivity contribution in [1.29, 1.82) is 0 Å². The van der Waals surface area contributed by atoms with E-state index in [1.54, 1.807) is 12.1 Å². The van der Waals surface area contributed by atoms with Gasteiger partial charge >= 0.3 is 0 Å². The van der Waals surface area contributed by atoms with Crippen LogP contribution in [0.15, 0.2) is 84.9 Å². The van der Waals surface area contributed by atoms with Gasteiger partial charge in [0.2, 0.25) is 11.8 Å². The molecule has 1 atom stereocenters. The molecular formula is C28H26N2O5S2. The summed E-state index contributed by atoms with van der Waals surface area (Å²) in [4.78, 5) is 39.2. The van der Waals surface area contributed by atoms with E-state index in [9.17, 15) is 14.4 Å². The van der Waals surface area contributed by atoms with Crippen molar-refractivity contribution in [2.75, 3.05) is 18.9 Å². The number of rotatable bonds is 12. The van der Waals surface area contributed by atoms with Crippen LogP contribution in [-0.2, 0) is 32.1 Å². The van der Waals surface area contributed by atoms with Gasteiger partial charge in [0, 0.05) is 6.42 Å². The molecule has 1 aliphatic heterocycles. The molecule has 1 fully saturated rings. The number of carbonyl (C=O) groups excluding carboxylic acids is 3. The third-order valence-corrected chi connectivity index (χ3v) is 6.98. The Bertz CT molecular complexity index is 1220. The van der Waals surface area contributed by atoms with E-state index in [0.717, 1.165) is 16.9 Å². The Hall–Kier alpha value is -3.53. The van der Waals surface area contributed by atoms with Gasteiger partial charge in [-0.05, 0) is 35.4 Å². The van der Waals surface area contributed by atoms with Crippen LogP contribution in [0.2, 0.25) is 0 Å². The third kappa shape index (κ3) is 7.98. The topological polar surface area (TPSA) is 84.9 Å². The van der Waals surface area contributed by atoms with E-state index in [0.29, 0.717) is 16.7 Å². The molecule has 0 saturated carbocycles. The first-order valence-corrected chi connectivity index (χ1v) is 13.1. The van der Waals surface area contributed by atoms with Crippen LogP contribution in [0.1, 0.15) is 11.1 Å². The summed E-state index contributed by atoms with van der Waals surface area (Å²) in [5.74, 6) is 0.709. The van der Waals surface area contributed by atoms with Gasteiger partial charge in [-0.25, -0.2) is 0 Å². The SMILES string of the molecule is O=C(CN1C(=O)CSC1=S)NC(COCc1ccccc1)C(=O)Cc1ccc(Oc2ccccc2)cc1. The molecule has 2 amide bonds. The summed E-state index contributed by atoms with van der Waals surface area (Å²) < 4.78 is 11.9. The van der Waals surface area contributed by atoms with Crippen LogP contribution in [0.4, 0.5) is 0 Å². The number of hydrogen-bond acceptors (Lipinski definition) is 7. The van der Waals surface area contributed by atoms with Crippen molar-refractivity contribution in [2.24, 2.45) is 0 Å². The number of ketones is 1. The average molecular weight is 535 g/mol. The number of thiocarbonyl (C=S) groups is 1. The average Bonchev–Trinajstić information content (AvgIpc) is 3.22. The molecule has 9 heteroatoms. The second-order valence-corrected chi connectivity index (χ2v) is 9.97. The quantitative estimate of drug-likeness (QED) is 0.350. The number of benzene rings is 3. The van der Waals surface area contributed by atoms with Crippen LogP contribution in [-0.4, -0.2) is 51.8 Å². The minimum atomic E-state index is -0.879. The van der Waals surface area contributed by atoms with Gasteiger partial charge in [0.1, 0.15) is 28.4 Å². The zero-order chi connectivity index (χ0) is 26.0. The van der Waals surface area contributed by atoms with E-state index in [1.165, 1.54) is 16.7 Å². The maximum Gasteiger partial charge on any atom is 0.240 e. The molecule has 1 heterocycles. The maximum atomic E-state index is 13.2. The van der Waals surface area contributed by atoms with Gasteiger partial charge < -0.3 is 14.8 Å². The lowest BCUT2D eigenvalue weighted by Crippen LogP contribution is -2.49. The highest BCUT2D eigenvalue weighted by atomic mass is 32.2. The van der Waals surface area contributed by atoms with Crippen molar-refractivity contribution in [3.8, 4) is 11.5 Å². The molecule has 4 rings (SSSR count). The smallest absolute Gasteiger partial charge is 0.240 e. The number of thioether (sulfide) groups is 1. The second kappa shape index (κ2) is 13.1. The molecule has 1 unspecified atom stereocenters. The number of nitrogens with one attached hydrogen (secondary N) is 1. The van der Waals surface area contributed by atoms with Gasteiger partial charge in [-0.3, -0.25) is 19.3 Å². The summed E-state index contributed by atoms with van der Waals surface area (Å²) in [6, 6.07) is 25.3. The molecule has 1 N–H and O–H groups in total. The van der Waals surface area contributed by atoms with Gasteiger partial charge in [0.25, 0.3) is 0 Å². The van der Waals surface area contributed by atoms with Crippen molar-refractivity contribution in [3.05, 3.63) is 96.1 Å². The van der Waals surface area contributed by atoms with Crippen molar-refractivity contribution < 1.29 is 23.9 Å². The third-order valence-electron chi connectivity index (χ3n) is 5.54. The number of Topliss-reactive ketones (excluding diaryl/α,β-unsaturated/α-hetero) is 1. The Balaban J connectivity index is 1.37. The molecule has 0 aliphatic carbocycles. The fourth-order valence-corrected chi connectivity index (χ4v) is 4.69. The van der Waals surface area contributed by atoms with Gasteiger partial charge in [0.15, 0.2) is 5.78 Å². The predicted octanol–water partition coefficient (Wildman–Crippen LogP) is 4.15. The maximum absolute atomic E-state index is 13.2. The summed E-state index contributed by atoms with van der Waals surface area (Å²) in [5, 5.41) is 2.73. The first-order valence-electron chi connectivity index (χ1n) is 11.7. The van der Waals surface area contributed by atoms with Crippen molar-refractivity contribution in [2.45, 2.75) is 19.1 Å². The molecule has 7 nitrogen and oxygen atoms in total. The van der Waals surface area contributed by atoms with Crippen molar-refractivity contribution in [3.63, 3.8) is 0 Å². The number of carbonyl (C=O) groups is 3. The summed E-state index contributed by atoms with van der Waals surface area (Å²) >= 11 is 6.37. The Morgan fingerprint density at radius 1 is 0.919 bits per heavy atom. The van der Waals surface area contributed by atoms with Gasteiger partial charge in [-0.15, -0.1) is 0 Å². The number of amides is 2. The van der Waals surface area contributed by atoms with E-state index < -0.39 is 11.9 Å². The Labute approximate surface area is 225 Å². The van der Waals surface area contributed by atoms with Crippen LogP contribution >= 0.6 is 24.0 Å². The first kappa shape index (κ1) is 26.5.